The lowest BCUT2D eigenvalue weighted by atomic mass is 10.2. The van der Waals surface area contributed by atoms with Crippen LogP contribution in [0.1, 0.15) is 5.69 Å². The van der Waals surface area contributed by atoms with Gasteiger partial charge >= 0.3 is 0 Å². The minimum absolute atomic E-state index is 0.687. The van der Waals surface area contributed by atoms with Gasteiger partial charge in [0.1, 0.15) is 17.2 Å². The molecule has 1 aliphatic heterocycles. The van der Waals surface area contributed by atoms with E-state index in [2.05, 4.69) is 22.1 Å². The van der Waals surface area contributed by atoms with Gasteiger partial charge in [0.2, 0.25) is 0 Å². The maximum absolute atomic E-state index is 5.57. The predicted octanol–water partition coefficient (Wildman–Crippen LogP) is 3.13. The van der Waals surface area contributed by atoms with Crippen LogP contribution in [0.4, 0.5) is 5.82 Å². The number of hydrogen-bond acceptors (Lipinski definition) is 6. The fraction of sp³-hybridized carbons (Fsp3) is 0.250. The SMILES string of the molecule is Cc1cc(-c2cc3nc(-n4ccc(-c5ccccc5)n4)cc(N4CCOCC4)n3n2)nn1C. The Morgan fingerprint density at radius 3 is 2.39 bits per heavy atom. The average molecular weight is 441 g/mol. The topological polar surface area (TPSA) is 78.3 Å². The fourth-order valence-corrected chi connectivity index (χ4v) is 4.11. The molecule has 0 spiro atoms. The lowest BCUT2D eigenvalue weighted by Crippen LogP contribution is -2.37. The highest BCUT2D eigenvalue weighted by Gasteiger charge is 2.20. The van der Waals surface area contributed by atoms with Crippen LogP contribution in [0.2, 0.25) is 0 Å². The van der Waals surface area contributed by atoms with Gasteiger partial charge in [0, 0.05) is 49.7 Å². The average Bonchev–Trinajstić information content (AvgIpc) is 3.58. The molecular weight excluding hydrogens is 416 g/mol. The van der Waals surface area contributed by atoms with E-state index in [-0.39, 0.29) is 0 Å². The number of benzene rings is 1. The third kappa shape index (κ3) is 3.56. The fourth-order valence-electron chi connectivity index (χ4n) is 4.11. The van der Waals surface area contributed by atoms with Crippen molar-refractivity contribution in [3.05, 3.63) is 66.5 Å². The third-order valence-electron chi connectivity index (χ3n) is 6.00. The molecule has 0 radical (unpaired) electrons. The Hall–Kier alpha value is -3.98. The minimum Gasteiger partial charge on any atom is -0.378 e. The molecule has 0 N–H and O–H groups in total. The van der Waals surface area contributed by atoms with Gasteiger partial charge in [-0.1, -0.05) is 30.3 Å². The van der Waals surface area contributed by atoms with Crippen LogP contribution >= 0.6 is 0 Å². The van der Waals surface area contributed by atoms with Crippen molar-refractivity contribution in [2.24, 2.45) is 7.05 Å². The zero-order valence-corrected chi connectivity index (χ0v) is 18.6. The summed E-state index contributed by atoms with van der Waals surface area (Å²) in [6.45, 7) is 5.00. The molecule has 0 atom stereocenters. The molecule has 9 heteroatoms. The number of nitrogens with zero attached hydrogens (tertiary/aromatic N) is 8. The molecule has 166 valence electrons. The smallest absolute Gasteiger partial charge is 0.160 e. The van der Waals surface area contributed by atoms with Gasteiger partial charge in [0.05, 0.1) is 18.9 Å². The van der Waals surface area contributed by atoms with Crippen molar-refractivity contribution in [2.45, 2.75) is 6.92 Å². The number of ether oxygens (including phenoxy) is 1. The minimum atomic E-state index is 0.687. The molecule has 1 fully saturated rings. The molecule has 0 unspecified atom stereocenters. The van der Waals surface area contributed by atoms with Crippen molar-refractivity contribution in [1.82, 2.24) is 34.2 Å². The molecule has 0 aliphatic carbocycles. The first-order valence-electron chi connectivity index (χ1n) is 11.0. The molecule has 0 bridgehead atoms. The van der Waals surface area contributed by atoms with Crippen LogP contribution in [0.5, 0.6) is 0 Å². The molecule has 9 nitrogen and oxygen atoms in total. The standard InChI is InChI=1S/C24H24N8O/c1-17-14-20(26-29(17)2)21-15-23-25-22(16-24(32(23)28-21)30-10-12-33-13-11-30)31-9-8-19(27-31)18-6-4-3-5-7-18/h3-9,14-16H,10-13H2,1-2H3. The highest BCUT2D eigenvalue weighted by molar-refractivity contribution is 5.65. The van der Waals surface area contributed by atoms with E-state index < -0.39 is 0 Å². The number of morpholine rings is 1. The van der Waals surface area contributed by atoms with E-state index in [9.17, 15) is 0 Å². The summed E-state index contributed by atoms with van der Waals surface area (Å²) in [6, 6.07) is 18.2. The summed E-state index contributed by atoms with van der Waals surface area (Å²) in [5, 5.41) is 14.3. The maximum atomic E-state index is 5.57. The zero-order chi connectivity index (χ0) is 22.4. The Labute approximate surface area is 190 Å². The van der Waals surface area contributed by atoms with Gasteiger partial charge in [-0.2, -0.15) is 19.8 Å². The molecular formula is C24H24N8O. The quantitative estimate of drug-likeness (QED) is 0.427. The van der Waals surface area contributed by atoms with Crippen molar-refractivity contribution in [3.63, 3.8) is 0 Å². The first-order chi connectivity index (χ1) is 16.2. The van der Waals surface area contributed by atoms with Crippen LogP contribution in [-0.2, 0) is 11.8 Å². The van der Waals surface area contributed by atoms with E-state index >= 15 is 0 Å². The molecule has 5 heterocycles. The van der Waals surface area contributed by atoms with E-state index in [1.165, 1.54) is 0 Å². The number of aromatic nitrogens is 7. The van der Waals surface area contributed by atoms with Crippen LogP contribution in [0.3, 0.4) is 0 Å². The van der Waals surface area contributed by atoms with Crippen LogP contribution in [0.15, 0.2) is 60.8 Å². The predicted molar refractivity (Wildman–Crippen MR) is 126 cm³/mol. The number of aryl methyl sites for hydroxylation is 2. The molecule has 5 aromatic rings. The van der Waals surface area contributed by atoms with Crippen molar-refractivity contribution >= 4 is 11.5 Å². The van der Waals surface area contributed by atoms with E-state index in [4.69, 9.17) is 19.9 Å². The Balaban J connectivity index is 1.48. The highest BCUT2D eigenvalue weighted by Crippen LogP contribution is 2.26. The summed E-state index contributed by atoms with van der Waals surface area (Å²) < 4.78 is 11.2. The van der Waals surface area contributed by atoms with E-state index in [1.807, 2.05) is 76.5 Å². The first kappa shape index (κ1) is 19.7. The highest BCUT2D eigenvalue weighted by atomic mass is 16.5. The van der Waals surface area contributed by atoms with Crippen LogP contribution in [-0.4, -0.2) is 60.5 Å². The Kier molecular flexibility index (Phi) is 4.69. The summed E-state index contributed by atoms with van der Waals surface area (Å²) >= 11 is 0. The van der Waals surface area contributed by atoms with Gasteiger partial charge in [-0.3, -0.25) is 4.68 Å². The summed E-state index contributed by atoms with van der Waals surface area (Å²) in [4.78, 5) is 7.17. The van der Waals surface area contributed by atoms with Crippen molar-refractivity contribution in [1.29, 1.82) is 0 Å². The molecule has 6 rings (SSSR count). The van der Waals surface area contributed by atoms with Gasteiger partial charge in [-0.05, 0) is 19.1 Å². The van der Waals surface area contributed by atoms with Crippen molar-refractivity contribution in [2.75, 3.05) is 31.2 Å². The number of fused-ring (bicyclic) bond motifs is 1. The summed E-state index contributed by atoms with van der Waals surface area (Å²) in [7, 11) is 1.94. The number of rotatable bonds is 4. The lowest BCUT2D eigenvalue weighted by Gasteiger charge is -2.29. The monoisotopic (exact) mass is 440 g/mol. The molecule has 33 heavy (non-hydrogen) atoms. The molecule has 4 aromatic heterocycles. The number of anilines is 1. The second-order valence-corrected chi connectivity index (χ2v) is 8.18. The van der Waals surface area contributed by atoms with Crippen LogP contribution < -0.4 is 4.90 Å². The second kappa shape index (κ2) is 7.86. The van der Waals surface area contributed by atoms with Crippen LogP contribution in [0.25, 0.3) is 34.1 Å². The van der Waals surface area contributed by atoms with Gasteiger partial charge in [0.15, 0.2) is 11.5 Å². The largest absolute Gasteiger partial charge is 0.378 e. The van der Waals surface area contributed by atoms with Gasteiger partial charge < -0.3 is 9.64 Å². The van der Waals surface area contributed by atoms with Crippen molar-refractivity contribution in [3.8, 4) is 28.5 Å². The molecule has 0 saturated carbocycles. The van der Waals surface area contributed by atoms with E-state index in [1.54, 1.807) is 0 Å². The summed E-state index contributed by atoms with van der Waals surface area (Å²) in [5.74, 6) is 1.71. The molecule has 1 aliphatic rings. The summed E-state index contributed by atoms with van der Waals surface area (Å²) in [6.07, 6.45) is 1.95. The molecule has 1 saturated heterocycles. The van der Waals surface area contributed by atoms with Gasteiger partial charge in [-0.15, -0.1) is 0 Å². The molecule has 1 aromatic carbocycles. The molecule has 0 amide bonds. The van der Waals surface area contributed by atoms with E-state index in [0.717, 1.165) is 58.7 Å². The second-order valence-electron chi connectivity index (χ2n) is 8.18. The zero-order valence-electron chi connectivity index (χ0n) is 18.6. The number of hydrogen-bond donors (Lipinski definition) is 0. The lowest BCUT2D eigenvalue weighted by molar-refractivity contribution is 0.122. The third-order valence-corrected chi connectivity index (χ3v) is 6.00. The first-order valence-corrected chi connectivity index (χ1v) is 11.0. The van der Waals surface area contributed by atoms with Crippen LogP contribution in [0, 0.1) is 6.92 Å². The van der Waals surface area contributed by atoms with E-state index in [0.29, 0.717) is 13.2 Å². The normalized spacial score (nSPS) is 14.3. The van der Waals surface area contributed by atoms with Crippen molar-refractivity contribution < 1.29 is 4.74 Å². The maximum Gasteiger partial charge on any atom is 0.160 e. The Morgan fingerprint density at radius 1 is 0.848 bits per heavy atom. The Bertz CT molecular complexity index is 1410. The van der Waals surface area contributed by atoms with Gasteiger partial charge in [0.25, 0.3) is 0 Å². The summed E-state index contributed by atoms with van der Waals surface area (Å²) in [5.41, 5.74) is 5.44. The van der Waals surface area contributed by atoms with Gasteiger partial charge in [-0.25, -0.2) is 9.67 Å². The Morgan fingerprint density at radius 2 is 1.64 bits per heavy atom.